The number of aromatic amines is 1. The third kappa shape index (κ3) is 4.31. The van der Waals surface area contributed by atoms with Gasteiger partial charge in [-0.25, -0.2) is 0 Å². The zero-order valence-electron chi connectivity index (χ0n) is 13.1. The van der Waals surface area contributed by atoms with Gasteiger partial charge in [-0.2, -0.15) is 5.10 Å². The van der Waals surface area contributed by atoms with Crippen LogP contribution in [0.1, 0.15) is 46.2 Å². The van der Waals surface area contributed by atoms with Crippen LogP contribution >= 0.6 is 0 Å². The van der Waals surface area contributed by atoms with Crippen molar-refractivity contribution in [3.63, 3.8) is 0 Å². The van der Waals surface area contributed by atoms with Gasteiger partial charge in [-0.15, -0.1) is 0 Å². The van der Waals surface area contributed by atoms with Crippen LogP contribution < -0.4 is 10.6 Å². The third-order valence-electron chi connectivity index (χ3n) is 3.75. The summed E-state index contributed by atoms with van der Waals surface area (Å²) in [6.07, 6.45) is 1.21. The van der Waals surface area contributed by atoms with Crippen molar-refractivity contribution in [2.75, 3.05) is 11.9 Å². The molecule has 0 radical (unpaired) electrons. The number of amides is 2. The highest BCUT2D eigenvalue weighted by atomic mass is 16.2. The minimum absolute atomic E-state index is 0.0368. The zero-order valence-corrected chi connectivity index (χ0v) is 13.1. The van der Waals surface area contributed by atoms with Gasteiger partial charge in [0.25, 0.3) is 0 Å². The van der Waals surface area contributed by atoms with Gasteiger partial charge in [0.15, 0.2) is 5.82 Å². The summed E-state index contributed by atoms with van der Waals surface area (Å²) in [6, 6.07) is 1.84. The number of anilines is 1. The molecule has 1 aliphatic rings. The molecule has 21 heavy (non-hydrogen) atoms. The normalized spacial score (nSPS) is 21.0. The van der Waals surface area contributed by atoms with E-state index >= 15 is 0 Å². The number of hydrogen-bond donors (Lipinski definition) is 3. The standard InChI is InChI=1S/C15H24N4O2/c1-9-7-10(9)14(21)16-6-5-13(20)17-12-8-11(18-19-12)15(2,3)4/h8-10H,5-7H2,1-4H3,(H,16,21)(H2,17,18,19,20)/t9-,10-/m1/s1. The highest BCUT2D eigenvalue weighted by Crippen LogP contribution is 2.37. The average Bonchev–Trinajstić information content (AvgIpc) is 2.90. The Bertz CT molecular complexity index is 530. The topological polar surface area (TPSA) is 86.9 Å². The maximum atomic E-state index is 11.8. The van der Waals surface area contributed by atoms with Crippen molar-refractivity contribution in [3.8, 4) is 0 Å². The van der Waals surface area contributed by atoms with Gasteiger partial charge in [-0.3, -0.25) is 14.7 Å². The van der Waals surface area contributed by atoms with E-state index in [1.54, 1.807) is 0 Å². The molecule has 1 saturated carbocycles. The first kappa shape index (κ1) is 15.5. The minimum atomic E-state index is -0.147. The number of carbonyl (C=O) groups is 2. The highest BCUT2D eigenvalue weighted by Gasteiger charge is 2.38. The fraction of sp³-hybridized carbons (Fsp3) is 0.667. The number of nitrogens with one attached hydrogen (secondary N) is 3. The van der Waals surface area contributed by atoms with E-state index < -0.39 is 0 Å². The summed E-state index contributed by atoms with van der Waals surface area (Å²) < 4.78 is 0. The number of carbonyl (C=O) groups excluding carboxylic acids is 2. The summed E-state index contributed by atoms with van der Waals surface area (Å²) in [5, 5.41) is 12.5. The van der Waals surface area contributed by atoms with Gasteiger partial charge in [0.2, 0.25) is 11.8 Å². The Morgan fingerprint density at radius 2 is 2.10 bits per heavy atom. The maximum absolute atomic E-state index is 11.8. The Balaban J connectivity index is 1.72. The highest BCUT2D eigenvalue weighted by molar-refractivity contribution is 5.90. The third-order valence-corrected chi connectivity index (χ3v) is 3.75. The van der Waals surface area contributed by atoms with Gasteiger partial charge < -0.3 is 10.6 Å². The molecule has 0 saturated heterocycles. The molecule has 1 aliphatic carbocycles. The molecule has 1 aromatic rings. The van der Waals surface area contributed by atoms with Gasteiger partial charge in [-0.05, 0) is 12.3 Å². The van der Waals surface area contributed by atoms with E-state index in [4.69, 9.17) is 0 Å². The quantitative estimate of drug-likeness (QED) is 0.773. The second-order valence-corrected chi connectivity index (χ2v) is 6.83. The van der Waals surface area contributed by atoms with Gasteiger partial charge in [0.05, 0.1) is 0 Å². The Kier molecular flexibility index (Phi) is 4.34. The number of rotatable bonds is 5. The molecule has 6 nitrogen and oxygen atoms in total. The van der Waals surface area contributed by atoms with E-state index in [9.17, 15) is 9.59 Å². The lowest BCUT2D eigenvalue weighted by atomic mass is 9.92. The van der Waals surface area contributed by atoms with Crippen molar-refractivity contribution in [2.24, 2.45) is 11.8 Å². The minimum Gasteiger partial charge on any atom is -0.355 e. The predicted molar refractivity (Wildman–Crippen MR) is 80.8 cm³/mol. The Labute approximate surface area is 125 Å². The molecule has 2 atom stereocenters. The molecule has 0 bridgehead atoms. The monoisotopic (exact) mass is 292 g/mol. The van der Waals surface area contributed by atoms with Crippen LogP contribution in [0.3, 0.4) is 0 Å². The van der Waals surface area contributed by atoms with Crippen LogP contribution in [0, 0.1) is 11.8 Å². The smallest absolute Gasteiger partial charge is 0.227 e. The van der Waals surface area contributed by atoms with Gasteiger partial charge in [-0.1, -0.05) is 27.7 Å². The second-order valence-electron chi connectivity index (χ2n) is 6.83. The van der Waals surface area contributed by atoms with E-state index in [-0.39, 0.29) is 29.6 Å². The molecule has 0 aliphatic heterocycles. The van der Waals surface area contributed by atoms with Crippen molar-refractivity contribution < 1.29 is 9.59 Å². The number of H-pyrrole nitrogens is 1. The first-order valence-corrected chi connectivity index (χ1v) is 7.41. The van der Waals surface area contributed by atoms with Gasteiger partial charge in [0.1, 0.15) is 0 Å². The number of hydrogen-bond acceptors (Lipinski definition) is 3. The lowest BCUT2D eigenvalue weighted by Gasteiger charge is -2.14. The van der Waals surface area contributed by atoms with Crippen LogP contribution in [0.4, 0.5) is 5.82 Å². The van der Waals surface area contributed by atoms with Crippen molar-refractivity contribution >= 4 is 17.6 Å². The first-order valence-electron chi connectivity index (χ1n) is 7.41. The van der Waals surface area contributed by atoms with Crippen LogP contribution in [0.2, 0.25) is 0 Å². The molecular weight excluding hydrogens is 268 g/mol. The van der Waals surface area contributed by atoms with E-state index in [1.165, 1.54) is 0 Å². The fourth-order valence-electron chi connectivity index (χ4n) is 2.09. The SMILES string of the molecule is C[C@@H]1C[C@H]1C(=O)NCCC(=O)Nc1cc(C(C)(C)C)[nH]n1. The second kappa shape index (κ2) is 5.87. The van der Waals surface area contributed by atoms with Gasteiger partial charge in [0, 0.05) is 36.1 Å². The first-order chi connectivity index (χ1) is 9.77. The van der Waals surface area contributed by atoms with Crippen LogP contribution in [0.5, 0.6) is 0 Å². The maximum Gasteiger partial charge on any atom is 0.227 e. The van der Waals surface area contributed by atoms with E-state index in [0.29, 0.717) is 18.3 Å². The zero-order chi connectivity index (χ0) is 15.6. The Morgan fingerprint density at radius 3 is 2.62 bits per heavy atom. The summed E-state index contributed by atoms with van der Waals surface area (Å²) in [5.74, 6) is 1.07. The molecule has 1 heterocycles. The van der Waals surface area contributed by atoms with Crippen LogP contribution in [-0.4, -0.2) is 28.6 Å². The van der Waals surface area contributed by atoms with Crippen molar-refractivity contribution in [1.82, 2.24) is 15.5 Å². The summed E-state index contributed by atoms with van der Waals surface area (Å²) >= 11 is 0. The molecule has 0 aromatic carbocycles. The van der Waals surface area contributed by atoms with E-state index in [0.717, 1.165) is 12.1 Å². The molecular formula is C15H24N4O2. The predicted octanol–water partition coefficient (Wildman–Crippen LogP) is 1.81. The average molecular weight is 292 g/mol. The Morgan fingerprint density at radius 1 is 1.43 bits per heavy atom. The molecule has 0 spiro atoms. The van der Waals surface area contributed by atoms with Gasteiger partial charge >= 0.3 is 0 Å². The summed E-state index contributed by atoms with van der Waals surface area (Å²) in [4.78, 5) is 23.4. The summed E-state index contributed by atoms with van der Waals surface area (Å²) in [5.41, 5.74) is 0.930. The fourth-order valence-corrected chi connectivity index (χ4v) is 2.09. The van der Waals surface area contributed by atoms with E-state index in [2.05, 4.69) is 48.5 Å². The summed E-state index contributed by atoms with van der Waals surface area (Å²) in [7, 11) is 0. The molecule has 1 aromatic heterocycles. The molecule has 0 unspecified atom stereocenters. The molecule has 1 fully saturated rings. The van der Waals surface area contributed by atoms with E-state index in [1.807, 2.05) is 6.07 Å². The van der Waals surface area contributed by atoms with Crippen LogP contribution in [-0.2, 0) is 15.0 Å². The molecule has 116 valence electrons. The number of aromatic nitrogens is 2. The summed E-state index contributed by atoms with van der Waals surface area (Å²) in [6.45, 7) is 8.63. The lowest BCUT2D eigenvalue weighted by Crippen LogP contribution is -2.29. The number of nitrogens with zero attached hydrogens (tertiary/aromatic N) is 1. The largest absolute Gasteiger partial charge is 0.355 e. The van der Waals surface area contributed by atoms with Crippen molar-refractivity contribution in [1.29, 1.82) is 0 Å². The molecule has 3 N–H and O–H groups in total. The van der Waals surface area contributed by atoms with Crippen LogP contribution in [0.15, 0.2) is 6.07 Å². The Hall–Kier alpha value is -1.85. The van der Waals surface area contributed by atoms with Crippen LogP contribution in [0.25, 0.3) is 0 Å². The molecule has 6 heteroatoms. The van der Waals surface area contributed by atoms with Crippen molar-refractivity contribution in [2.45, 2.75) is 46.0 Å². The molecule has 2 amide bonds. The lowest BCUT2D eigenvalue weighted by molar-refractivity contribution is -0.122. The molecule has 2 rings (SSSR count). The van der Waals surface area contributed by atoms with Crippen molar-refractivity contribution in [3.05, 3.63) is 11.8 Å².